The summed E-state index contributed by atoms with van der Waals surface area (Å²) in [7, 11) is 0. The van der Waals surface area contributed by atoms with Gasteiger partial charge in [-0.2, -0.15) is 0 Å². The van der Waals surface area contributed by atoms with Crippen molar-refractivity contribution in [2.75, 3.05) is 6.61 Å². The van der Waals surface area contributed by atoms with Crippen molar-refractivity contribution >= 4 is 22.9 Å². The molecule has 0 rings (SSSR count). The molecule has 0 aromatic carbocycles. The van der Waals surface area contributed by atoms with E-state index in [4.69, 9.17) is 3.07 Å². The second kappa shape index (κ2) is 9.76. The first-order chi connectivity index (χ1) is 4.91. The molecule has 0 aliphatic rings. The van der Waals surface area contributed by atoms with Gasteiger partial charge >= 0.3 is 78.1 Å². The summed E-state index contributed by atoms with van der Waals surface area (Å²) in [6.45, 7) is 3.23. The van der Waals surface area contributed by atoms with Crippen LogP contribution in [0.2, 0.25) is 0 Å². The third kappa shape index (κ3) is 8.76. The Morgan fingerprint density at radius 3 is 2.20 bits per heavy atom. The van der Waals surface area contributed by atoms with Crippen LogP contribution < -0.4 is 0 Å². The van der Waals surface area contributed by atoms with E-state index in [0.29, 0.717) is 0 Å². The van der Waals surface area contributed by atoms with E-state index in [0.717, 1.165) is 6.61 Å². The molecule has 0 spiro atoms. The molecule has 0 heterocycles. The van der Waals surface area contributed by atoms with Crippen molar-refractivity contribution in [3.63, 3.8) is 0 Å². The molecule has 0 aliphatic heterocycles. The fourth-order valence-corrected chi connectivity index (χ4v) is 1.37. The second-order valence-corrected chi connectivity index (χ2v) is 3.44. The molecule has 0 amide bonds. The molecule has 0 fully saturated rings. The normalized spacial score (nSPS) is 10.1. The molecule has 0 aromatic heterocycles. The molecule has 1 nitrogen and oxygen atoms in total. The SMILES string of the molecule is CCCCCCCC[O][Sn+]. The van der Waals surface area contributed by atoms with Crippen LogP contribution in [0, 0.1) is 0 Å². The second-order valence-electron chi connectivity index (χ2n) is 2.62. The van der Waals surface area contributed by atoms with Crippen molar-refractivity contribution in [2.45, 2.75) is 45.4 Å². The Morgan fingerprint density at radius 1 is 1.00 bits per heavy atom. The van der Waals surface area contributed by atoms with E-state index in [-0.39, 0.29) is 0 Å². The molecular formula is C8H17OSn+. The van der Waals surface area contributed by atoms with Crippen LogP contribution in [0.3, 0.4) is 0 Å². The topological polar surface area (TPSA) is 9.23 Å². The van der Waals surface area contributed by atoms with Gasteiger partial charge in [-0.15, -0.1) is 0 Å². The average Bonchev–Trinajstić information content (AvgIpc) is 1.97. The molecule has 58 valence electrons. The summed E-state index contributed by atoms with van der Waals surface area (Å²) in [6, 6.07) is 0. The first kappa shape index (κ1) is 10.8. The third-order valence-corrected chi connectivity index (χ3v) is 2.18. The van der Waals surface area contributed by atoms with Crippen LogP contribution in [0.1, 0.15) is 45.4 Å². The molecule has 10 heavy (non-hydrogen) atoms. The summed E-state index contributed by atoms with van der Waals surface area (Å²) in [6.07, 6.45) is 8.16. The maximum absolute atomic E-state index is 5.04. The van der Waals surface area contributed by atoms with E-state index in [1.165, 1.54) is 61.5 Å². The van der Waals surface area contributed by atoms with Gasteiger partial charge in [-0.05, 0) is 0 Å². The first-order valence-corrected chi connectivity index (χ1v) is 5.37. The van der Waals surface area contributed by atoms with Gasteiger partial charge in [-0.3, -0.25) is 0 Å². The number of hydrogen-bond donors (Lipinski definition) is 0. The first-order valence-electron chi connectivity index (χ1n) is 4.20. The fraction of sp³-hybridized carbons (Fsp3) is 1.00. The van der Waals surface area contributed by atoms with Gasteiger partial charge in [0.05, 0.1) is 0 Å². The van der Waals surface area contributed by atoms with Gasteiger partial charge in [0, 0.05) is 0 Å². The van der Waals surface area contributed by atoms with E-state index in [2.05, 4.69) is 6.92 Å². The van der Waals surface area contributed by atoms with Crippen molar-refractivity contribution in [1.29, 1.82) is 0 Å². The van der Waals surface area contributed by atoms with E-state index >= 15 is 0 Å². The van der Waals surface area contributed by atoms with Crippen LogP contribution in [0.5, 0.6) is 0 Å². The van der Waals surface area contributed by atoms with Crippen LogP contribution in [-0.2, 0) is 3.07 Å². The Labute approximate surface area is 78.2 Å². The summed E-state index contributed by atoms with van der Waals surface area (Å²) in [4.78, 5) is 0. The summed E-state index contributed by atoms with van der Waals surface area (Å²) in [5.74, 6) is 0. The Balaban J connectivity index is 2.65. The Bertz CT molecular complexity index is 49.2. The minimum atomic E-state index is 0.977. The van der Waals surface area contributed by atoms with Crippen LogP contribution in [-0.4, -0.2) is 29.5 Å². The van der Waals surface area contributed by atoms with Gasteiger partial charge in [0.15, 0.2) is 0 Å². The number of unbranched alkanes of at least 4 members (excludes halogenated alkanes) is 5. The van der Waals surface area contributed by atoms with Gasteiger partial charge in [0.1, 0.15) is 0 Å². The van der Waals surface area contributed by atoms with Gasteiger partial charge < -0.3 is 0 Å². The van der Waals surface area contributed by atoms with Crippen molar-refractivity contribution in [1.82, 2.24) is 0 Å². The van der Waals surface area contributed by atoms with E-state index < -0.39 is 0 Å². The minimum absolute atomic E-state index is 0.977. The summed E-state index contributed by atoms with van der Waals surface area (Å²) < 4.78 is 5.04. The number of hydrogen-bond acceptors (Lipinski definition) is 1. The third-order valence-electron chi connectivity index (χ3n) is 1.60. The summed E-state index contributed by atoms with van der Waals surface area (Å²) in [5, 5.41) is 0. The number of rotatable bonds is 7. The molecule has 2 heteroatoms. The van der Waals surface area contributed by atoms with Crippen molar-refractivity contribution in [2.24, 2.45) is 0 Å². The zero-order valence-corrected chi connectivity index (χ0v) is 9.71. The van der Waals surface area contributed by atoms with Crippen LogP contribution in [0.15, 0.2) is 0 Å². The van der Waals surface area contributed by atoms with Crippen LogP contribution in [0.4, 0.5) is 0 Å². The van der Waals surface area contributed by atoms with E-state index in [1.807, 2.05) is 0 Å². The molecule has 0 bridgehead atoms. The zero-order valence-electron chi connectivity index (χ0n) is 6.86. The standard InChI is InChI=1S/C8H17O.Sn/c1-2-3-4-5-6-7-8-9;/h2-8H2,1H3;/q-1;+2. The van der Waals surface area contributed by atoms with Gasteiger partial charge in [0.25, 0.3) is 0 Å². The summed E-state index contributed by atoms with van der Waals surface area (Å²) in [5.41, 5.74) is 0. The molecule has 0 N–H and O–H groups in total. The predicted molar refractivity (Wildman–Crippen MR) is 45.1 cm³/mol. The van der Waals surface area contributed by atoms with Gasteiger partial charge in [-0.1, -0.05) is 0 Å². The average molecular weight is 248 g/mol. The Kier molecular flexibility index (Phi) is 10.5. The zero-order chi connectivity index (χ0) is 7.66. The molecule has 0 aromatic rings. The van der Waals surface area contributed by atoms with Crippen molar-refractivity contribution in [3.8, 4) is 0 Å². The molecule has 0 aliphatic carbocycles. The van der Waals surface area contributed by atoms with Crippen LogP contribution in [0.25, 0.3) is 0 Å². The van der Waals surface area contributed by atoms with E-state index in [9.17, 15) is 0 Å². The Hall–Kier alpha value is 0.759. The molecule has 2 radical (unpaired) electrons. The summed E-state index contributed by atoms with van der Waals surface area (Å²) >= 11 is 1.21. The monoisotopic (exact) mass is 249 g/mol. The van der Waals surface area contributed by atoms with Gasteiger partial charge in [-0.25, -0.2) is 0 Å². The van der Waals surface area contributed by atoms with Crippen molar-refractivity contribution < 1.29 is 3.07 Å². The van der Waals surface area contributed by atoms with Gasteiger partial charge in [0.2, 0.25) is 0 Å². The van der Waals surface area contributed by atoms with E-state index in [1.54, 1.807) is 0 Å². The molecular weight excluding hydrogens is 231 g/mol. The maximum atomic E-state index is 5.04. The predicted octanol–water partition coefficient (Wildman–Crippen LogP) is 2.45. The fourth-order valence-electron chi connectivity index (χ4n) is 0.955. The molecule has 0 atom stereocenters. The molecule has 0 unspecified atom stereocenters. The Morgan fingerprint density at radius 2 is 1.60 bits per heavy atom. The molecule has 0 saturated carbocycles. The quantitative estimate of drug-likeness (QED) is 0.496. The van der Waals surface area contributed by atoms with Crippen molar-refractivity contribution in [3.05, 3.63) is 0 Å². The van der Waals surface area contributed by atoms with Crippen LogP contribution >= 0.6 is 0 Å². The molecule has 0 saturated heterocycles.